The van der Waals surface area contributed by atoms with Gasteiger partial charge in [-0.05, 0) is 37.6 Å². The first kappa shape index (κ1) is 27.6. The van der Waals surface area contributed by atoms with Crippen molar-refractivity contribution in [3.8, 4) is 6.07 Å². The number of aromatic carboxylic acids is 1. The van der Waals surface area contributed by atoms with E-state index < -0.39 is 22.8 Å². The summed E-state index contributed by atoms with van der Waals surface area (Å²) in [5.41, 5.74) is 1.47. The molecule has 0 bridgehead atoms. The highest BCUT2D eigenvalue weighted by molar-refractivity contribution is 6.04. The molecule has 2 aromatic heterocycles. The number of rotatable bonds is 7. The number of para-hydroxylation sites is 1. The van der Waals surface area contributed by atoms with Crippen molar-refractivity contribution in [2.45, 2.75) is 33.4 Å². The molecule has 2 aromatic carbocycles. The van der Waals surface area contributed by atoms with Crippen molar-refractivity contribution in [3.05, 3.63) is 81.5 Å². The SMILES string of the molecule is CCCn1cc(/C=C(\C#N)C(=O)N2CCN(c3cc4c(cc3F)c(=O)c(C(=O)O)cn4CC)CC2)c2ccccc21. The summed E-state index contributed by atoms with van der Waals surface area (Å²) in [5.74, 6) is -2.37. The van der Waals surface area contributed by atoms with Crippen LogP contribution < -0.4 is 10.3 Å². The Hall–Kier alpha value is -4.91. The average molecular weight is 556 g/mol. The van der Waals surface area contributed by atoms with Gasteiger partial charge >= 0.3 is 5.97 Å². The van der Waals surface area contributed by atoms with Gasteiger partial charge in [0.25, 0.3) is 5.91 Å². The zero-order chi connectivity index (χ0) is 29.3. The van der Waals surface area contributed by atoms with Crippen molar-refractivity contribution in [2.75, 3.05) is 31.1 Å². The Morgan fingerprint density at radius 3 is 2.41 bits per heavy atom. The van der Waals surface area contributed by atoms with E-state index >= 15 is 4.39 Å². The van der Waals surface area contributed by atoms with Crippen LogP contribution in [0, 0.1) is 17.1 Å². The number of anilines is 1. The summed E-state index contributed by atoms with van der Waals surface area (Å²) in [4.78, 5) is 40.9. The fraction of sp³-hybridized carbons (Fsp3) is 0.290. The van der Waals surface area contributed by atoms with Crippen LogP contribution in [-0.4, -0.2) is 57.2 Å². The number of nitrogens with zero attached hydrogens (tertiary/aromatic N) is 5. The molecule has 1 N–H and O–H groups in total. The highest BCUT2D eigenvalue weighted by Gasteiger charge is 2.26. The normalized spacial score (nSPS) is 14.0. The minimum Gasteiger partial charge on any atom is -0.477 e. The summed E-state index contributed by atoms with van der Waals surface area (Å²) < 4.78 is 19.0. The number of pyridine rings is 1. The van der Waals surface area contributed by atoms with Gasteiger partial charge in [0.1, 0.15) is 23.0 Å². The molecule has 1 amide bonds. The Bertz CT molecular complexity index is 1810. The standard InChI is InChI=1S/C31H30FN5O4/c1-3-9-37-18-21(22-7-5-6-8-26(22)37)14-20(17-33)30(39)36-12-10-35(11-13-36)28-16-27-23(15-25(28)32)29(38)24(31(40)41)19-34(27)4-2/h5-8,14-16,18-19H,3-4,9-13H2,1-2H3,(H,40,41)/b20-14+. The summed E-state index contributed by atoms with van der Waals surface area (Å²) >= 11 is 0. The zero-order valence-corrected chi connectivity index (χ0v) is 22.9. The lowest BCUT2D eigenvalue weighted by Gasteiger charge is -2.36. The molecule has 3 heterocycles. The van der Waals surface area contributed by atoms with Crippen molar-refractivity contribution in [2.24, 2.45) is 0 Å². The third-order valence-electron chi connectivity index (χ3n) is 7.56. The number of halogens is 1. The van der Waals surface area contributed by atoms with E-state index in [1.807, 2.05) is 37.4 Å². The molecule has 5 rings (SSSR count). The molecule has 9 nitrogen and oxygen atoms in total. The van der Waals surface area contributed by atoms with E-state index in [1.54, 1.807) is 26.5 Å². The van der Waals surface area contributed by atoms with Gasteiger partial charge in [-0.1, -0.05) is 25.1 Å². The topological polar surface area (TPSA) is 112 Å². The molecule has 1 aliphatic rings. The molecule has 0 aliphatic carbocycles. The van der Waals surface area contributed by atoms with E-state index in [2.05, 4.69) is 17.6 Å². The number of carbonyl (C=O) groups is 2. The molecule has 0 radical (unpaired) electrons. The third kappa shape index (κ3) is 5.07. The molecule has 1 fully saturated rings. The first-order valence-corrected chi connectivity index (χ1v) is 13.6. The van der Waals surface area contributed by atoms with Crippen molar-refractivity contribution < 1.29 is 19.1 Å². The van der Waals surface area contributed by atoms with Crippen LogP contribution in [0.25, 0.3) is 27.9 Å². The number of aryl methyl sites for hydroxylation is 2. The van der Waals surface area contributed by atoms with Gasteiger partial charge in [-0.3, -0.25) is 9.59 Å². The maximum atomic E-state index is 15.2. The first-order chi connectivity index (χ1) is 19.8. The minimum absolute atomic E-state index is 0.00547. The lowest BCUT2D eigenvalue weighted by Crippen LogP contribution is -2.49. The number of piperazine rings is 1. The number of aromatic nitrogens is 2. The lowest BCUT2D eigenvalue weighted by molar-refractivity contribution is -0.126. The lowest BCUT2D eigenvalue weighted by atomic mass is 10.1. The Morgan fingerprint density at radius 1 is 1.02 bits per heavy atom. The second-order valence-electron chi connectivity index (χ2n) is 10.0. The first-order valence-electron chi connectivity index (χ1n) is 13.6. The van der Waals surface area contributed by atoms with E-state index in [-0.39, 0.29) is 35.6 Å². The predicted octanol–water partition coefficient (Wildman–Crippen LogP) is 4.48. The number of carbonyl (C=O) groups excluding carboxylic acids is 1. The van der Waals surface area contributed by atoms with Crippen molar-refractivity contribution in [1.82, 2.24) is 14.0 Å². The van der Waals surface area contributed by atoms with Gasteiger partial charge in [-0.2, -0.15) is 5.26 Å². The molecule has 1 aliphatic heterocycles. The number of hydrogen-bond donors (Lipinski definition) is 1. The van der Waals surface area contributed by atoms with Gasteiger partial charge in [-0.25, -0.2) is 9.18 Å². The van der Waals surface area contributed by atoms with Crippen LogP contribution in [0.15, 0.2) is 59.2 Å². The van der Waals surface area contributed by atoms with Crippen LogP contribution in [0.2, 0.25) is 0 Å². The van der Waals surface area contributed by atoms with E-state index in [9.17, 15) is 24.8 Å². The highest BCUT2D eigenvalue weighted by Crippen LogP contribution is 2.28. The van der Waals surface area contributed by atoms with Crippen LogP contribution in [0.5, 0.6) is 0 Å². The number of nitriles is 1. The van der Waals surface area contributed by atoms with Crippen molar-refractivity contribution >= 4 is 45.4 Å². The molecular weight excluding hydrogens is 525 g/mol. The van der Waals surface area contributed by atoms with Gasteiger partial charge < -0.3 is 24.0 Å². The Kier molecular flexibility index (Phi) is 7.62. The maximum absolute atomic E-state index is 15.2. The van der Waals surface area contributed by atoms with Gasteiger partial charge in [-0.15, -0.1) is 0 Å². The fourth-order valence-corrected chi connectivity index (χ4v) is 5.49. The number of carboxylic acid groups (broad SMARTS) is 1. The summed E-state index contributed by atoms with van der Waals surface area (Å²) in [6, 6.07) is 12.6. The summed E-state index contributed by atoms with van der Waals surface area (Å²) in [6.07, 6.45) is 5.84. The second-order valence-corrected chi connectivity index (χ2v) is 10.0. The third-order valence-corrected chi connectivity index (χ3v) is 7.56. The molecular formula is C31H30FN5O4. The summed E-state index contributed by atoms with van der Waals surface area (Å²) in [7, 11) is 0. The largest absolute Gasteiger partial charge is 0.477 e. The van der Waals surface area contributed by atoms with Crippen LogP contribution >= 0.6 is 0 Å². The van der Waals surface area contributed by atoms with Crippen LogP contribution in [0.4, 0.5) is 10.1 Å². The Balaban J connectivity index is 1.38. The molecule has 41 heavy (non-hydrogen) atoms. The van der Waals surface area contributed by atoms with E-state index in [0.29, 0.717) is 25.2 Å². The van der Waals surface area contributed by atoms with Crippen LogP contribution in [-0.2, 0) is 17.9 Å². The predicted molar refractivity (Wildman–Crippen MR) is 155 cm³/mol. The fourth-order valence-electron chi connectivity index (χ4n) is 5.49. The Labute approximate surface area is 235 Å². The van der Waals surface area contributed by atoms with E-state index in [1.165, 1.54) is 6.20 Å². The molecule has 1 saturated heterocycles. The van der Waals surface area contributed by atoms with Crippen LogP contribution in [0.3, 0.4) is 0 Å². The molecule has 0 unspecified atom stereocenters. The number of benzene rings is 2. The zero-order valence-electron chi connectivity index (χ0n) is 22.9. The van der Waals surface area contributed by atoms with Crippen LogP contribution in [0.1, 0.15) is 36.2 Å². The minimum atomic E-state index is -1.36. The molecule has 4 aromatic rings. The number of amides is 1. The van der Waals surface area contributed by atoms with Gasteiger partial charge in [0, 0.05) is 73.5 Å². The summed E-state index contributed by atoms with van der Waals surface area (Å²) in [6.45, 7) is 6.34. The van der Waals surface area contributed by atoms with Crippen molar-refractivity contribution in [3.63, 3.8) is 0 Å². The number of hydrogen-bond acceptors (Lipinski definition) is 5. The highest BCUT2D eigenvalue weighted by atomic mass is 19.1. The van der Waals surface area contributed by atoms with E-state index in [4.69, 9.17) is 0 Å². The summed E-state index contributed by atoms with van der Waals surface area (Å²) in [5, 5.41) is 20.2. The smallest absolute Gasteiger partial charge is 0.341 e. The van der Waals surface area contributed by atoms with Crippen molar-refractivity contribution in [1.29, 1.82) is 5.26 Å². The maximum Gasteiger partial charge on any atom is 0.341 e. The molecule has 0 spiro atoms. The molecule has 0 atom stereocenters. The number of fused-ring (bicyclic) bond motifs is 2. The van der Waals surface area contributed by atoms with E-state index in [0.717, 1.165) is 35.5 Å². The molecule has 210 valence electrons. The Morgan fingerprint density at radius 2 is 1.76 bits per heavy atom. The average Bonchev–Trinajstić information content (AvgIpc) is 3.33. The molecule has 10 heteroatoms. The van der Waals surface area contributed by atoms with Gasteiger partial charge in [0.2, 0.25) is 5.43 Å². The molecule has 0 saturated carbocycles. The quantitative estimate of drug-likeness (QED) is 0.266. The number of carboxylic acids is 1. The monoisotopic (exact) mass is 555 g/mol. The van der Waals surface area contributed by atoms with Gasteiger partial charge in [0.15, 0.2) is 0 Å². The van der Waals surface area contributed by atoms with Gasteiger partial charge in [0.05, 0.1) is 11.2 Å². The second kappa shape index (κ2) is 11.3.